The Morgan fingerprint density at radius 3 is 2.68 bits per heavy atom. The Morgan fingerprint density at radius 1 is 1.21 bits per heavy atom. The lowest BCUT2D eigenvalue weighted by Gasteiger charge is -2.18. The molecule has 0 aromatic heterocycles. The summed E-state index contributed by atoms with van der Waals surface area (Å²) in [5.41, 5.74) is 1.29. The third kappa shape index (κ3) is 2.59. The van der Waals surface area contributed by atoms with Crippen molar-refractivity contribution in [3.8, 4) is 5.75 Å². The van der Waals surface area contributed by atoms with Crippen LogP contribution in [0.5, 0.6) is 5.75 Å². The zero-order valence-corrected chi connectivity index (χ0v) is 10.9. The highest BCUT2D eigenvalue weighted by Crippen LogP contribution is 2.28. The minimum atomic E-state index is -0.466. The van der Waals surface area contributed by atoms with Crippen molar-refractivity contribution in [1.82, 2.24) is 5.32 Å². The van der Waals surface area contributed by atoms with Crippen LogP contribution in [0.25, 0.3) is 5.57 Å². The number of imide groups is 1. The van der Waals surface area contributed by atoms with E-state index in [9.17, 15) is 9.59 Å². The van der Waals surface area contributed by atoms with Gasteiger partial charge in [0.15, 0.2) is 0 Å². The molecule has 1 aliphatic heterocycles. The minimum absolute atomic E-state index is 0.319. The van der Waals surface area contributed by atoms with Gasteiger partial charge < -0.3 is 9.47 Å². The zero-order chi connectivity index (χ0) is 13.8. The van der Waals surface area contributed by atoms with E-state index in [2.05, 4.69) is 5.32 Å². The summed E-state index contributed by atoms with van der Waals surface area (Å²) in [4.78, 5) is 23.5. The lowest BCUT2D eigenvalue weighted by molar-refractivity contribution is -0.114. The van der Waals surface area contributed by atoms with Crippen molar-refractivity contribution in [2.24, 2.45) is 0 Å². The molecule has 0 atom stereocenters. The summed E-state index contributed by atoms with van der Waals surface area (Å²) in [5, 5.41) is 2.27. The highest BCUT2D eigenvalue weighted by atomic mass is 16.5. The summed E-state index contributed by atoms with van der Waals surface area (Å²) in [7, 11) is 1.45. The highest BCUT2D eigenvalue weighted by molar-refractivity contribution is 6.30. The fraction of sp³-hybridized carbons (Fsp3) is 0.286. The van der Waals surface area contributed by atoms with Crippen molar-refractivity contribution in [3.05, 3.63) is 35.6 Å². The Bertz CT molecular complexity index is 548. The predicted molar refractivity (Wildman–Crippen MR) is 69.7 cm³/mol. The van der Waals surface area contributed by atoms with E-state index in [4.69, 9.17) is 9.47 Å². The first-order valence-corrected chi connectivity index (χ1v) is 6.03. The largest absolute Gasteiger partial charge is 0.504 e. The van der Waals surface area contributed by atoms with Gasteiger partial charge >= 0.3 is 0 Å². The average molecular weight is 261 g/mol. The van der Waals surface area contributed by atoms with Gasteiger partial charge in [-0.3, -0.25) is 14.9 Å². The summed E-state index contributed by atoms with van der Waals surface area (Å²) < 4.78 is 10.4. The van der Waals surface area contributed by atoms with Crippen molar-refractivity contribution in [3.63, 3.8) is 0 Å². The molecule has 1 aromatic carbocycles. The van der Waals surface area contributed by atoms with Crippen LogP contribution < -0.4 is 10.1 Å². The van der Waals surface area contributed by atoms with Crippen LogP contribution in [0, 0.1) is 0 Å². The van der Waals surface area contributed by atoms with Crippen LogP contribution in [0.3, 0.4) is 0 Å². The first-order valence-electron chi connectivity index (χ1n) is 6.03. The number of fused-ring (bicyclic) bond motifs is 1. The van der Waals surface area contributed by atoms with Gasteiger partial charge in [0, 0.05) is 11.1 Å². The Morgan fingerprint density at radius 2 is 2.00 bits per heavy atom. The van der Waals surface area contributed by atoms with E-state index in [0.717, 1.165) is 6.42 Å². The van der Waals surface area contributed by atoms with Gasteiger partial charge in [-0.1, -0.05) is 6.92 Å². The van der Waals surface area contributed by atoms with Gasteiger partial charge in [0.25, 0.3) is 11.8 Å². The number of nitrogens with one attached hydrogen (secondary N) is 1. The number of carbonyl (C=O) groups is 2. The smallest absolute Gasteiger partial charge is 0.261 e. The number of rotatable bonds is 4. The molecule has 0 spiro atoms. The maximum absolute atomic E-state index is 11.8. The average Bonchev–Trinajstić information content (AvgIpc) is 2.41. The third-order valence-corrected chi connectivity index (χ3v) is 2.71. The third-order valence-electron chi connectivity index (χ3n) is 2.71. The zero-order valence-electron chi connectivity index (χ0n) is 10.9. The second-order valence-electron chi connectivity index (χ2n) is 4.11. The molecule has 0 saturated heterocycles. The molecule has 1 N–H and O–H groups in total. The summed E-state index contributed by atoms with van der Waals surface area (Å²) in [6, 6.07) is 5.05. The van der Waals surface area contributed by atoms with Crippen LogP contribution in [0.2, 0.25) is 0 Å². The Hall–Kier alpha value is -2.30. The summed E-state index contributed by atoms with van der Waals surface area (Å²) in [5.74, 6) is -0.243. The predicted octanol–water partition coefficient (Wildman–Crippen LogP) is 1.73. The minimum Gasteiger partial charge on any atom is -0.504 e. The van der Waals surface area contributed by atoms with Crippen molar-refractivity contribution in [2.75, 3.05) is 13.7 Å². The van der Waals surface area contributed by atoms with Crippen LogP contribution in [-0.2, 0) is 9.53 Å². The van der Waals surface area contributed by atoms with E-state index >= 15 is 0 Å². The van der Waals surface area contributed by atoms with Crippen molar-refractivity contribution in [1.29, 1.82) is 0 Å². The lowest BCUT2D eigenvalue weighted by atomic mass is 9.95. The highest BCUT2D eigenvalue weighted by Gasteiger charge is 2.27. The SMILES string of the molecule is CCCOc1ccc2c(c1)/C(=C/OC)C(=O)NC2=O. The van der Waals surface area contributed by atoms with E-state index < -0.39 is 11.8 Å². The topological polar surface area (TPSA) is 64.6 Å². The molecule has 0 aliphatic carbocycles. The number of benzene rings is 1. The van der Waals surface area contributed by atoms with Gasteiger partial charge in [-0.05, 0) is 24.6 Å². The van der Waals surface area contributed by atoms with E-state index in [1.807, 2.05) is 6.92 Å². The maximum atomic E-state index is 11.8. The standard InChI is InChI=1S/C14H15NO4/c1-3-6-19-9-4-5-10-11(7-9)12(8-18-2)14(17)15-13(10)16/h4-5,7-8H,3,6H2,1-2H3,(H,15,16,17)/b12-8-. The van der Waals surface area contributed by atoms with Crippen LogP contribution in [0.15, 0.2) is 24.5 Å². The van der Waals surface area contributed by atoms with Crippen molar-refractivity contribution in [2.45, 2.75) is 13.3 Å². The monoisotopic (exact) mass is 261 g/mol. The van der Waals surface area contributed by atoms with Gasteiger partial charge in [0.05, 0.1) is 25.6 Å². The molecule has 5 heteroatoms. The molecule has 2 amide bonds. The summed E-state index contributed by atoms with van der Waals surface area (Å²) in [6.07, 6.45) is 2.21. The molecule has 100 valence electrons. The Kier molecular flexibility index (Phi) is 3.85. The molecule has 5 nitrogen and oxygen atoms in total. The van der Waals surface area contributed by atoms with Crippen LogP contribution >= 0.6 is 0 Å². The molecule has 19 heavy (non-hydrogen) atoms. The lowest BCUT2D eigenvalue weighted by Crippen LogP contribution is -2.36. The molecule has 0 bridgehead atoms. The normalized spacial score (nSPS) is 16.0. The van der Waals surface area contributed by atoms with Crippen molar-refractivity contribution < 1.29 is 19.1 Å². The fourth-order valence-electron chi connectivity index (χ4n) is 1.85. The summed E-state index contributed by atoms with van der Waals surface area (Å²) >= 11 is 0. The molecule has 0 fully saturated rings. The molecule has 2 rings (SSSR count). The molecule has 0 saturated carbocycles. The molecule has 1 aromatic rings. The molecule has 1 aliphatic rings. The first kappa shape index (κ1) is 13.1. The van der Waals surface area contributed by atoms with Crippen molar-refractivity contribution >= 4 is 17.4 Å². The van der Waals surface area contributed by atoms with Crippen LogP contribution in [0.4, 0.5) is 0 Å². The molecular formula is C14H15NO4. The van der Waals surface area contributed by atoms with Crippen LogP contribution in [0.1, 0.15) is 29.3 Å². The second-order valence-corrected chi connectivity index (χ2v) is 4.11. The van der Waals surface area contributed by atoms with Gasteiger partial charge in [0.2, 0.25) is 0 Å². The van der Waals surface area contributed by atoms with Gasteiger partial charge in [-0.2, -0.15) is 0 Å². The number of carbonyl (C=O) groups excluding carboxylic acids is 2. The Balaban J connectivity index is 2.45. The number of hydrogen-bond acceptors (Lipinski definition) is 4. The number of amides is 2. The van der Waals surface area contributed by atoms with E-state index in [0.29, 0.717) is 29.1 Å². The van der Waals surface area contributed by atoms with Gasteiger partial charge in [-0.15, -0.1) is 0 Å². The van der Waals surface area contributed by atoms with E-state index in [1.54, 1.807) is 18.2 Å². The van der Waals surface area contributed by atoms with Crippen LogP contribution in [-0.4, -0.2) is 25.5 Å². The first-order chi connectivity index (χ1) is 9.17. The number of methoxy groups -OCH3 is 1. The quantitative estimate of drug-likeness (QED) is 0.509. The number of hydrogen-bond donors (Lipinski definition) is 1. The summed E-state index contributed by atoms with van der Waals surface area (Å²) in [6.45, 7) is 2.59. The fourth-order valence-corrected chi connectivity index (χ4v) is 1.85. The van der Waals surface area contributed by atoms with Gasteiger partial charge in [0.1, 0.15) is 5.75 Å². The van der Waals surface area contributed by atoms with Gasteiger partial charge in [-0.25, -0.2) is 0 Å². The van der Waals surface area contributed by atoms with E-state index in [-0.39, 0.29) is 0 Å². The van der Waals surface area contributed by atoms with E-state index in [1.165, 1.54) is 13.4 Å². The molecule has 1 heterocycles. The number of ether oxygens (including phenoxy) is 2. The Labute approximate surface area is 111 Å². The molecule has 0 unspecified atom stereocenters. The molecule has 0 radical (unpaired) electrons. The molecular weight excluding hydrogens is 246 g/mol. The second kappa shape index (κ2) is 5.56. The maximum Gasteiger partial charge on any atom is 0.261 e.